The molecule has 10 nitrogen and oxygen atoms in total. The molecule has 3 amide bonds. The first kappa shape index (κ1) is 36.0. The van der Waals surface area contributed by atoms with Crippen molar-refractivity contribution in [3.63, 3.8) is 0 Å². The molecule has 3 aliphatic heterocycles. The number of ether oxygens (including phenoxy) is 2. The van der Waals surface area contributed by atoms with E-state index in [9.17, 15) is 24.3 Å². The number of esters is 1. The number of likely N-dealkylation sites (tertiary alicyclic amines) is 1. The number of benzene rings is 3. The Bertz CT molecular complexity index is 1800. The van der Waals surface area contributed by atoms with Gasteiger partial charge in [-0.1, -0.05) is 72.8 Å². The zero-order valence-corrected chi connectivity index (χ0v) is 29.4. The summed E-state index contributed by atoms with van der Waals surface area (Å²) in [6.07, 6.45) is 3.86. The molecule has 1 N–H and O–H groups in total. The van der Waals surface area contributed by atoms with Gasteiger partial charge in [-0.05, 0) is 61.1 Å². The SMILES string of the molecule is C=CCCC(=O)N(C)[C@@H](C)[C@@H](OC(=O)[C@@H]1[C@@H]2CC[C@]3(O2)[C@H](C(=O)N(CC=C)c2ccc4ccccc4c2)N(CCCO)C(=O)[C@@H]13)c1ccccc1. The Morgan fingerprint density at radius 2 is 1.78 bits per heavy atom. The molecule has 3 heterocycles. The largest absolute Gasteiger partial charge is 0.455 e. The molecule has 2 bridgehead atoms. The molecule has 3 aliphatic rings. The van der Waals surface area contributed by atoms with Crippen molar-refractivity contribution in [1.82, 2.24) is 9.80 Å². The molecule has 10 heteroatoms. The number of allylic oxidation sites excluding steroid dienone is 1. The third-order valence-electron chi connectivity index (χ3n) is 10.9. The van der Waals surface area contributed by atoms with Crippen LogP contribution in [0.25, 0.3) is 10.8 Å². The van der Waals surface area contributed by atoms with E-state index < -0.39 is 47.7 Å². The molecule has 6 rings (SSSR count). The monoisotopic (exact) mass is 693 g/mol. The molecule has 0 unspecified atom stereocenters. The summed E-state index contributed by atoms with van der Waals surface area (Å²) in [5.74, 6) is -3.29. The molecule has 7 atom stereocenters. The maximum absolute atomic E-state index is 14.8. The number of likely N-dealkylation sites (N-methyl/N-ethyl adjacent to an activating group) is 1. The van der Waals surface area contributed by atoms with Crippen LogP contribution >= 0.6 is 0 Å². The van der Waals surface area contributed by atoms with Gasteiger partial charge >= 0.3 is 5.97 Å². The van der Waals surface area contributed by atoms with Gasteiger partial charge in [-0.25, -0.2) is 0 Å². The maximum atomic E-state index is 14.8. The molecule has 3 aromatic rings. The van der Waals surface area contributed by atoms with Crippen LogP contribution in [0.4, 0.5) is 5.69 Å². The second-order valence-electron chi connectivity index (χ2n) is 13.8. The number of aliphatic hydroxyl groups excluding tert-OH is 1. The fourth-order valence-corrected chi connectivity index (χ4v) is 8.25. The lowest BCUT2D eigenvalue weighted by molar-refractivity contribution is -0.164. The lowest BCUT2D eigenvalue weighted by atomic mass is 9.70. The Kier molecular flexibility index (Phi) is 10.7. The summed E-state index contributed by atoms with van der Waals surface area (Å²) in [4.78, 5) is 61.5. The normalized spacial score (nSPS) is 24.5. The van der Waals surface area contributed by atoms with Crippen molar-refractivity contribution in [2.24, 2.45) is 11.8 Å². The van der Waals surface area contributed by atoms with Crippen LogP contribution in [0, 0.1) is 11.8 Å². The average molecular weight is 694 g/mol. The van der Waals surface area contributed by atoms with Crippen molar-refractivity contribution in [3.8, 4) is 0 Å². The molecule has 1 spiro atoms. The van der Waals surface area contributed by atoms with Crippen LogP contribution in [-0.2, 0) is 28.7 Å². The molecule has 0 saturated carbocycles. The van der Waals surface area contributed by atoms with Crippen molar-refractivity contribution in [1.29, 1.82) is 0 Å². The summed E-state index contributed by atoms with van der Waals surface area (Å²) in [5, 5.41) is 11.8. The van der Waals surface area contributed by atoms with Gasteiger partial charge in [0.1, 0.15) is 17.7 Å². The number of fused-ring (bicyclic) bond motifs is 2. The highest BCUT2D eigenvalue weighted by molar-refractivity contribution is 6.05. The fourth-order valence-electron chi connectivity index (χ4n) is 8.25. The Morgan fingerprint density at radius 3 is 2.49 bits per heavy atom. The number of carbonyl (C=O) groups is 4. The minimum atomic E-state index is -1.25. The van der Waals surface area contributed by atoms with Crippen molar-refractivity contribution in [3.05, 3.63) is 104 Å². The molecular formula is C41H47N3O7. The number of hydrogen-bond acceptors (Lipinski definition) is 7. The molecule has 0 radical (unpaired) electrons. The zero-order chi connectivity index (χ0) is 36.3. The molecule has 0 aliphatic carbocycles. The van der Waals surface area contributed by atoms with Gasteiger partial charge in [-0.3, -0.25) is 19.2 Å². The molecule has 3 aromatic carbocycles. The van der Waals surface area contributed by atoms with Crippen molar-refractivity contribution < 1.29 is 33.8 Å². The van der Waals surface area contributed by atoms with Crippen LogP contribution in [0.3, 0.4) is 0 Å². The van der Waals surface area contributed by atoms with Crippen LogP contribution in [0.15, 0.2) is 98.1 Å². The van der Waals surface area contributed by atoms with Gasteiger partial charge < -0.3 is 29.3 Å². The van der Waals surface area contributed by atoms with Crippen LogP contribution in [0.1, 0.15) is 50.7 Å². The zero-order valence-electron chi connectivity index (χ0n) is 29.4. The number of anilines is 1. The van der Waals surface area contributed by atoms with E-state index in [1.165, 1.54) is 4.90 Å². The Hall–Kier alpha value is -4.80. The number of rotatable bonds is 15. The van der Waals surface area contributed by atoms with Gasteiger partial charge in [0.25, 0.3) is 5.91 Å². The van der Waals surface area contributed by atoms with E-state index in [1.807, 2.05) is 79.7 Å². The summed E-state index contributed by atoms with van der Waals surface area (Å²) < 4.78 is 13.0. The van der Waals surface area contributed by atoms with E-state index in [-0.39, 0.29) is 50.3 Å². The molecule has 0 aromatic heterocycles. The van der Waals surface area contributed by atoms with Crippen LogP contribution in [-0.4, -0.2) is 89.1 Å². The predicted octanol–water partition coefficient (Wildman–Crippen LogP) is 5.21. The molecule has 51 heavy (non-hydrogen) atoms. The van der Waals surface area contributed by atoms with E-state index >= 15 is 0 Å². The highest BCUT2D eigenvalue weighted by Crippen LogP contribution is 2.59. The third-order valence-corrected chi connectivity index (χ3v) is 10.9. The van der Waals surface area contributed by atoms with Gasteiger partial charge in [-0.15, -0.1) is 13.2 Å². The standard InChI is InChI=1S/C41H47N3O7/c1-5-7-18-33(46)42(4)27(3)36(29-15-9-8-10-16-29)50-40(49)34-32-21-22-41(51-32)35(34)38(47)44(24-13-25-45)37(41)39(48)43(23-6-2)31-20-19-28-14-11-12-17-30(28)26-31/h5-6,8-12,14-17,19-20,26-27,32,34-37,45H,1-2,7,13,18,21-25H2,3-4H3/t27-,32-,34+,35+,36+,37-,41+/m0/s1. The minimum absolute atomic E-state index is 0.107. The van der Waals surface area contributed by atoms with E-state index in [4.69, 9.17) is 9.47 Å². The summed E-state index contributed by atoms with van der Waals surface area (Å²) in [5.41, 5.74) is 0.119. The third kappa shape index (κ3) is 6.58. The Morgan fingerprint density at radius 1 is 1.06 bits per heavy atom. The topological polar surface area (TPSA) is 117 Å². The minimum Gasteiger partial charge on any atom is -0.455 e. The number of aliphatic hydroxyl groups is 1. The number of hydrogen-bond donors (Lipinski definition) is 1. The second kappa shape index (κ2) is 15.2. The lowest BCUT2D eigenvalue weighted by Gasteiger charge is -2.37. The van der Waals surface area contributed by atoms with Crippen molar-refractivity contribution >= 4 is 40.2 Å². The van der Waals surface area contributed by atoms with Gasteiger partial charge in [0.15, 0.2) is 0 Å². The predicted molar refractivity (Wildman–Crippen MR) is 194 cm³/mol. The lowest BCUT2D eigenvalue weighted by Crippen LogP contribution is -2.56. The van der Waals surface area contributed by atoms with Crippen LogP contribution in [0.2, 0.25) is 0 Å². The molecule has 268 valence electrons. The highest BCUT2D eigenvalue weighted by Gasteiger charge is 2.75. The Balaban J connectivity index is 1.33. The second-order valence-corrected chi connectivity index (χ2v) is 13.8. The summed E-state index contributed by atoms with van der Waals surface area (Å²) in [7, 11) is 1.69. The molecular weight excluding hydrogens is 646 g/mol. The molecule has 3 saturated heterocycles. The van der Waals surface area contributed by atoms with Gasteiger partial charge in [0, 0.05) is 38.9 Å². The first-order valence-corrected chi connectivity index (χ1v) is 17.8. The fraction of sp³-hybridized carbons (Fsp3) is 0.415. The first-order valence-electron chi connectivity index (χ1n) is 17.8. The average Bonchev–Trinajstić information content (AvgIpc) is 3.80. The van der Waals surface area contributed by atoms with Crippen molar-refractivity contribution in [2.75, 3.05) is 31.6 Å². The highest BCUT2D eigenvalue weighted by atomic mass is 16.6. The number of carbonyl (C=O) groups excluding carboxylic acids is 4. The van der Waals surface area contributed by atoms with Gasteiger partial charge in [-0.2, -0.15) is 0 Å². The smallest absolute Gasteiger partial charge is 0.313 e. The number of amides is 3. The first-order chi connectivity index (χ1) is 24.7. The Labute approximate surface area is 299 Å². The summed E-state index contributed by atoms with van der Waals surface area (Å²) in [6, 6.07) is 21.4. The maximum Gasteiger partial charge on any atom is 0.313 e. The van der Waals surface area contributed by atoms with E-state index in [0.717, 1.165) is 10.8 Å². The number of nitrogens with zero attached hydrogens (tertiary/aromatic N) is 3. The van der Waals surface area contributed by atoms with Crippen LogP contribution < -0.4 is 4.90 Å². The molecule has 3 fully saturated rings. The summed E-state index contributed by atoms with van der Waals surface area (Å²) >= 11 is 0. The van der Waals surface area contributed by atoms with Gasteiger partial charge in [0.05, 0.1) is 24.0 Å². The van der Waals surface area contributed by atoms with E-state index in [1.54, 1.807) is 29.0 Å². The van der Waals surface area contributed by atoms with E-state index in [2.05, 4.69) is 13.2 Å². The van der Waals surface area contributed by atoms with Gasteiger partial charge in [0.2, 0.25) is 11.8 Å². The quantitative estimate of drug-likeness (QED) is 0.172. The van der Waals surface area contributed by atoms with Crippen LogP contribution in [0.5, 0.6) is 0 Å². The summed E-state index contributed by atoms with van der Waals surface area (Å²) in [6.45, 7) is 9.60. The van der Waals surface area contributed by atoms with Crippen molar-refractivity contribution in [2.45, 2.75) is 68.9 Å². The van der Waals surface area contributed by atoms with E-state index in [0.29, 0.717) is 30.5 Å².